The highest BCUT2D eigenvalue weighted by Crippen LogP contribution is 2.25. The average molecular weight is 247 g/mol. The van der Waals surface area contributed by atoms with E-state index in [9.17, 15) is 4.79 Å². The number of carbonyl (C=O) groups excluding carboxylic acids is 1. The van der Waals surface area contributed by atoms with Gasteiger partial charge in [-0.05, 0) is 31.9 Å². The molecule has 2 atom stereocenters. The second-order valence-electron chi connectivity index (χ2n) is 5.10. The van der Waals surface area contributed by atoms with Crippen LogP contribution in [0.3, 0.4) is 0 Å². The summed E-state index contributed by atoms with van der Waals surface area (Å²) in [5.74, 6) is 0. The van der Waals surface area contributed by atoms with Crippen molar-refractivity contribution >= 4 is 6.03 Å². The van der Waals surface area contributed by atoms with Crippen molar-refractivity contribution in [1.29, 1.82) is 0 Å². The minimum absolute atomic E-state index is 0.0149. The number of hydrogen-bond acceptors (Lipinski definition) is 2. The van der Waals surface area contributed by atoms with Crippen molar-refractivity contribution in [1.82, 2.24) is 10.2 Å². The lowest BCUT2D eigenvalue weighted by atomic mass is 9.99. The lowest BCUT2D eigenvalue weighted by Crippen LogP contribution is -2.40. The van der Waals surface area contributed by atoms with Gasteiger partial charge in [0.2, 0.25) is 0 Å². The van der Waals surface area contributed by atoms with Gasteiger partial charge in [-0.15, -0.1) is 0 Å². The molecule has 2 amide bonds. The molecule has 1 heterocycles. The fourth-order valence-electron chi connectivity index (χ4n) is 2.38. The number of benzene rings is 1. The summed E-state index contributed by atoms with van der Waals surface area (Å²) in [5, 5.41) is 3.03. The summed E-state index contributed by atoms with van der Waals surface area (Å²) < 4.78 is 0. The van der Waals surface area contributed by atoms with Gasteiger partial charge >= 0.3 is 6.03 Å². The molecule has 4 heteroatoms. The zero-order chi connectivity index (χ0) is 13.3. The largest absolute Gasteiger partial charge is 0.329 e. The fourth-order valence-corrected chi connectivity index (χ4v) is 2.38. The number of carbonyl (C=O) groups is 1. The molecule has 0 radical (unpaired) electrons. The molecule has 2 unspecified atom stereocenters. The molecule has 0 bridgehead atoms. The highest BCUT2D eigenvalue weighted by molar-refractivity contribution is 5.77. The molecule has 0 saturated carbocycles. The van der Waals surface area contributed by atoms with E-state index in [1.807, 2.05) is 11.8 Å². The third kappa shape index (κ3) is 2.34. The first-order chi connectivity index (χ1) is 8.52. The molecule has 1 aromatic carbocycles. The molecule has 0 spiro atoms. The average Bonchev–Trinajstić information content (AvgIpc) is 2.73. The number of urea groups is 1. The molecule has 0 aliphatic carbocycles. The van der Waals surface area contributed by atoms with Crippen molar-refractivity contribution in [3.8, 4) is 0 Å². The third-order valence-corrected chi connectivity index (χ3v) is 3.62. The van der Waals surface area contributed by atoms with Gasteiger partial charge in [-0.3, -0.25) is 0 Å². The Morgan fingerprint density at radius 1 is 1.50 bits per heavy atom. The van der Waals surface area contributed by atoms with Gasteiger partial charge in [0.15, 0.2) is 0 Å². The van der Waals surface area contributed by atoms with Crippen LogP contribution in [0, 0.1) is 13.8 Å². The van der Waals surface area contributed by atoms with Crippen molar-refractivity contribution in [3.05, 3.63) is 34.9 Å². The number of nitrogens with one attached hydrogen (secondary N) is 1. The van der Waals surface area contributed by atoms with Gasteiger partial charge in [-0.2, -0.15) is 0 Å². The fraction of sp³-hybridized carbons (Fsp3) is 0.500. The summed E-state index contributed by atoms with van der Waals surface area (Å²) >= 11 is 0. The van der Waals surface area contributed by atoms with Crippen LogP contribution in [0.1, 0.15) is 29.7 Å². The van der Waals surface area contributed by atoms with Crippen LogP contribution < -0.4 is 11.1 Å². The van der Waals surface area contributed by atoms with E-state index in [1.165, 1.54) is 16.7 Å². The van der Waals surface area contributed by atoms with E-state index < -0.39 is 0 Å². The Morgan fingerprint density at radius 3 is 2.89 bits per heavy atom. The number of aryl methyl sites for hydroxylation is 2. The summed E-state index contributed by atoms with van der Waals surface area (Å²) in [4.78, 5) is 13.7. The maximum atomic E-state index is 11.9. The standard InChI is InChI=1S/C14H21N3O/c1-9-4-5-10(2)12(6-9)13-8-17(11(3)7-15)14(18)16-13/h4-6,11,13H,7-8,15H2,1-3H3,(H,16,18). The molecule has 4 nitrogen and oxygen atoms in total. The first-order valence-electron chi connectivity index (χ1n) is 6.37. The van der Waals surface area contributed by atoms with Gasteiger partial charge in [0.1, 0.15) is 0 Å². The number of nitrogens with zero attached hydrogens (tertiary/aromatic N) is 1. The minimum atomic E-state index is -0.0149. The summed E-state index contributed by atoms with van der Waals surface area (Å²) in [7, 11) is 0. The molecule has 1 aliphatic rings. The molecule has 18 heavy (non-hydrogen) atoms. The Morgan fingerprint density at radius 2 is 2.22 bits per heavy atom. The Labute approximate surface area is 108 Å². The summed E-state index contributed by atoms with van der Waals surface area (Å²) in [6, 6.07) is 6.49. The van der Waals surface area contributed by atoms with E-state index >= 15 is 0 Å². The SMILES string of the molecule is Cc1ccc(C)c(C2CN(C(C)CN)C(=O)N2)c1. The lowest BCUT2D eigenvalue weighted by molar-refractivity contribution is 0.203. The molecule has 98 valence electrons. The summed E-state index contributed by atoms with van der Waals surface area (Å²) in [5.41, 5.74) is 9.27. The normalized spacial score (nSPS) is 21.0. The molecule has 1 saturated heterocycles. The second kappa shape index (κ2) is 4.98. The lowest BCUT2D eigenvalue weighted by Gasteiger charge is -2.21. The highest BCUT2D eigenvalue weighted by Gasteiger charge is 2.32. The van der Waals surface area contributed by atoms with Crippen LogP contribution in [0.25, 0.3) is 0 Å². The zero-order valence-corrected chi connectivity index (χ0v) is 11.2. The van der Waals surface area contributed by atoms with Crippen LogP contribution in [-0.4, -0.2) is 30.1 Å². The second-order valence-corrected chi connectivity index (χ2v) is 5.10. The Hall–Kier alpha value is -1.55. The van der Waals surface area contributed by atoms with Crippen LogP contribution in [0.15, 0.2) is 18.2 Å². The first kappa shape index (κ1) is 12.9. The van der Waals surface area contributed by atoms with Crippen LogP contribution in [0.4, 0.5) is 4.79 Å². The monoisotopic (exact) mass is 247 g/mol. The van der Waals surface area contributed by atoms with Crippen molar-refractivity contribution in [2.45, 2.75) is 32.9 Å². The topological polar surface area (TPSA) is 58.4 Å². The molecule has 2 rings (SSSR count). The number of hydrogen-bond donors (Lipinski definition) is 2. The quantitative estimate of drug-likeness (QED) is 0.854. The molecule has 1 aromatic rings. The van der Waals surface area contributed by atoms with E-state index in [1.54, 1.807) is 0 Å². The predicted octanol–water partition coefficient (Wildman–Crippen LogP) is 1.72. The van der Waals surface area contributed by atoms with Gasteiger partial charge < -0.3 is 16.0 Å². The highest BCUT2D eigenvalue weighted by atomic mass is 16.2. The first-order valence-corrected chi connectivity index (χ1v) is 6.37. The van der Waals surface area contributed by atoms with Crippen LogP contribution in [0.2, 0.25) is 0 Å². The summed E-state index contributed by atoms with van der Waals surface area (Å²) in [6.45, 7) is 7.31. The van der Waals surface area contributed by atoms with E-state index in [0.717, 1.165) is 0 Å². The van der Waals surface area contributed by atoms with Crippen molar-refractivity contribution in [3.63, 3.8) is 0 Å². The van der Waals surface area contributed by atoms with Crippen LogP contribution in [0.5, 0.6) is 0 Å². The van der Waals surface area contributed by atoms with Gasteiger partial charge in [0.05, 0.1) is 6.04 Å². The Bertz CT molecular complexity index is 458. The van der Waals surface area contributed by atoms with Crippen LogP contribution >= 0.6 is 0 Å². The maximum absolute atomic E-state index is 11.9. The molecular weight excluding hydrogens is 226 g/mol. The van der Waals surface area contributed by atoms with E-state index in [2.05, 4.69) is 37.4 Å². The van der Waals surface area contributed by atoms with Gasteiger partial charge in [-0.1, -0.05) is 23.8 Å². The third-order valence-electron chi connectivity index (χ3n) is 3.62. The molecule has 3 N–H and O–H groups in total. The molecule has 0 aromatic heterocycles. The van der Waals surface area contributed by atoms with Crippen LogP contribution in [-0.2, 0) is 0 Å². The minimum Gasteiger partial charge on any atom is -0.329 e. The van der Waals surface area contributed by atoms with E-state index in [0.29, 0.717) is 13.1 Å². The van der Waals surface area contributed by atoms with E-state index in [-0.39, 0.29) is 18.1 Å². The molecule has 1 aliphatic heterocycles. The van der Waals surface area contributed by atoms with Gasteiger partial charge in [0.25, 0.3) is 0 Å². The predicted molar refractivity (Wildman–Crippen MR) is 72.4 cm³/mol. The van der Waals surface area contributed by atoms with Crippen molar-refractivity contribution < 1.29 is 4.79 Å². The number of amides is 2. The zero-order valence-electron chi connectivity index (χ0n) is 11.2. The van der Waals surface area contributed by atoms with Gasteiger partial charge in [0, 0.05) is 19.1 Å². The smallest absolute Gasteiger partial charge is 0.318 e. The number of rotatable bonds is 3. The van der Waals surface area contributed by atoms with Crippen molar-refractivity contribution in [2.75, 3.05) is 13.1 Å². The van der Waals surface area contributed by atoms with Gasteiger partial charge in [-0.25, -0.2) is 4.79 Å². The van der Waals surface area contributed by atoms with Crippen molar-refractivity contribution in [2.24, 2.45) is 5.73 Å². The Kier molecular flexibility index (Phi) is 3.57. The molecular formula is C14H21N3O. The Balaban J connectivity index is 2.21. The summed E-state index contributed by atoms with van der Waals surface area (Å²) in [6.07, 6.45) is 0. The maximum Gasteiger partial charge on any atom is 0.318 e. The molecule has 1 fully saturated rings. The van der Waals surface area contributed by atoms with E-state index in [4.69, 9.17) is 5.73 Å². The number of nitrogens with two attached hydrogens (primary N) is 1.